The Bertz CT molecular complexity index is 555. The van der Waals surface area contributed by atoms with Gasteiger partial charge in [-0.2, -0.15) is 0 Å². The van der Waals surface area contributed by atoms with E-state index in [0.29, 0.717) is 6.54 Å². The number of aromatic nitrogens is 2. The van der Waals surface area contributed by atoms with E-state index < -0.39 is 5.41 Å². The molecule has 5 nitrogen and oxygen atoms in total. The summed E-state index contributed by atoms with van der Waals surface area (Å²) in [5.41, 5.74) is 1.22. The van der Waals surface area contributed by atoms with Crippen molar-refractivity contribution >= 4 is 5.91 Å². The molecule has 0 atom stereocenters. The highest BCUT2D eigenvalue weighted by Gasteiger charge is 2.33. The van der Waals surface area contributed by atoms with Crippen LogP contribution in [0.2, 0.25) is 0 Å². The molecule has 0 aliphatic carbocycles. The Morgan fingerprint density at radius 1 is 1.53 bits per heavy atom. The number of rotatable bonds is 4. The summed E-state index contributed by atoms with van der Waals surface area (Å²) in [5.74, 6) is 0.886. The van der Waals surface area contributed by atoms with E-state index in [0.717, 1.165) is 17.0 Å². The van der Waals surface area contributed by atoms with E-state index in [4.69, 9.17) is 4.42 Å². The van der Waals surface area contributed by atoms with Crippen LogP contribution in [0.3, 0.4) is 0 Å². The Hall–Kier alpha value is -2.04. The molecule has 0 radical (unpaired) electrons. The van der Waals surface area contributed by atoms with Crippen LogP contribution in [0.25, 0.3) is 0 Å². The van der Waals surface area contributed by atoms with Gasteiger partial charge in [-0.15, -0.1) is 0 Å². The molecule has 0 saturated carbocycles. The topological polar surface area (TPSA) is 62.1 Å². The lowest BCUT2D eigenvalue weighted by molar-refractivity contribution is -0.135. The number of hydrogen-bond donors (Lipinski definition) is 1. The second-order valence-electron chi connectivity index (χ2n) is 5.25. The zero-order valence-corrected chi connectivity index (χ0v) is 11.7. The van der Waals surface area contributed by atoms with Gasteiger partial charge in [-0.1, -0.05) is 0 Å². The van der Waals surface area contributed by atoms with Crippen LogP contribution in [-0.4, -0.2) is 27.8 Å². The molecule has 0 spiro atoms. The van der Waals surface area contributed by atoms with Crippen LogP contribution in [0.1, 0.15) is 30.9 Å². The first kappa shape index (κ1) is 13.4. The van der Waals surface area contributed by atoms with E-state index in [1.165, 1.54) is 0 Å². The quantitative estimate of drug-likeness (QED) is 0.918. The van der Waals surface area contributed by atoms with Gasteiger partial charge >= 0.3 is 0 Å². The van der Waals surface area contributed by atoms with Crippen molar-refractivity contribution in [3.63, 3.8) is 0 Å². The van der Waals surface area contributed by atoms with E-state index in [-0.39, 0.29) is 5.91 Å². The molecule has 0 aromatic carbocycles. The van der Waals surface area contributed by atoms with Gasteiger partial charge in [-0.05, 0) is 26.8 Å². The summed E-state index contributed by atoms with van der Waals surface area (Å²) in [6, 6.07) is 1.89. The predicted octanol–water partition coefficient (Wildman–Crippen LogP) is 2.25. The van der Waals surface area contributed by atoms with Crippen LogP contribution in [0, 0.1) is 6.92 Å². The molecule has 0 bridgehead atoms. The molecule has 102 valence electrons. The lowest BCUT2D eigenvalue weighted by Crippen LogP contribution is -2.41. The highest BCUT2D eigenvalue weighted by atomic mass is 16.3. The Morgan fingerprint density at radius 3 is 2.79 bits per heavy atom. The smallest absolute Gasteiger partial charge is 0.234 e. The average Bonchev–Trinajstić information content (AvgIpc) is 3.01. The number of carbonyl (C=O) groups excluding carboxylic acids is 1. The van der Waals surface area contributed by atoms with Gasteiger partial charge in [0.1, 0.15) is 5.76 Å². The van der Waals surface area contributed by atoms with Crippen molar-refractivity contribution < 1.29 is 9.21 Å². The summed E-state index contributed by atoms with van der Waals surface area (Å²) in [4.78, 5) is 21.2. The standard InChI is InChI=1S/C14H19N3O2/c1-10-11(5-6-19-10)8-17(4)13(18)14(2,3)12-7-15-9-16-12/h5-7,9H,8H2,1-4H3,(H,15,16). The van der Waals surface area contributed by atoms with Gasteiger partial charge in [0.05, 0.1) is 18.0 Å². The van der Waals surface area contributed by atoms with Crippen LogP contribution in [0.15, 0.2) is 29.3 Å². The molecule has 0 unspecified atom stereocenters. The lowest BCUT2D eigenvalue weighted by atomic mass is 9.88. The number of aromatic amines is 1. The van der Waals surface area contributed by atoms with Gasteiger partial charge in [-0.25, -0.2) is 4.98 Å². The minimum atomic E-state index is -0.622. The summed E-state index contributed by atoms with van der Waals surface area (Å²) < 4.78 is 5.25. The van der Waals surface area contributed by atoms with Crippen LogP contribution >= 0.6 is 0 Å². The number of aryl methyl sites for hydroxylation is 1. The molecule has 19 heavy (non-hydrogen) atoms. The SMILES string of the molecule is Cc1occc1CN(C)C(=O)C(C)(C)c1cnc[nH]1. The first-order valence-electron chi connectivity index (χ1n) is 6.20. The third-order valence-electron chi connectivity index (χ3n) is 3.43. The van der Waals surface area contributed by atoms with Gasteiger partial charge < -0.3 is 14.3 Å². The van der Waals surface area contributed by atoms with Crippen LogP contribution in [0.4, 0.5) is 0 Å². The van der Waals surface area contributed by atoms with Crippen molar-refractivity contribution in [2.75, 3.05) is 7.05 Å². The van der Waals surface area contributed by atoms with Crippen molar-refractivity contribution in [1.82, 2.24) is 14.9 Å². The minimum absolute atomic E-state index is 0.0392. The minimum Gasteiger partial charge on any atom is -0.469 e. The van der Waals surface area contributed by atoms with E-state index in [1.807, 2.05) is 26.8 Å². The molecular formula is C14H19N3O2. The fraction of sp³-hybridized carbons (Fsp3) is 0.429. The fourth-order valence-electron chi connectivity index (χ4n) is 2.09. The first-order valence-corrected chi connectivity index (χ1v) is 6.20. The number of furan rings is 1. The molecule has 0 fully saturated rings. The van der Waals surface area contributed by atoms with E-state index in [2.05, 4.69) is 9.97 Å². The number of nitrogens with zero attached hydrogens (tertiary/aromatic N) is 2. The molecule has 2 heterocycles. The number of imidazole rings is 1. The summed E-state index contributed by atoms with van der Waals surface area (Å²) in [7, 11) is 1.80. The predicted molar refractivity (Wildman–Crippen MR) is 71.5 cm³/mol. The summed E-state index contributed by atoms with van der Waals surface area (Å²) in [5, 5.41) is 0. The normalized spacial score (nSPS) is 11.6. The number of H-pyrrole nitrogens is 1. The maximum absolute atomic E-state index is 12.5. The van der Waals surface area contributed by atoms with Crippen LogP contribution in [-0.2, 0) is 16.8 Å². The molecule has 0 aliphatic rings. The van der Waals surface area contributed by atoms with Gasteiger partial charge in [0.15, 0.2) is 0 Å². The molecule has 1 amide bonds. The number of carbonyl (C=O) groups is 1. The van der Waals surface area contributed by atoms with E-state index >= 15 is 0 Å². The molecule has 2 rings (SSSR count). The summed E-state index contributed by atoms with van der Waals surface area (Å²) in [6.07, 6.45) is 4.92. The van der Waals surface area contributed by atoms with Crippen molar-refractivity contribution in [1.29, 1.82) is 0 Å². The third kappa shape index (κ3) is 2.54. The Labute approximate surface area is 112 Å². The van der Waals surface area contributed by atoms with Crippen LogP contribution in [0.5, 0.6) is 0 Å². The van der Waals surface area contributed by atoms with E-state index in [9.17, 15) is 4.79 Å². The van der Waals surface area contributed by atoms with Gasteiger partial charge in [0.25, 0.3) is 0 Å². The molecule has 1 N–H and O–H groups in total. The van der Waals surface area contributed by atoms with E-state index in [1.54, 1.807) is 30.7 Å². The van der Waals surface area contributed by atoms with Gasteiger partial charge in [0.2, 0.25) is 5.91 Å². The average molecular weight is 261 g/mol. The van der Waals surface area contributed by atoms with Gasteiger partial charge in [-0.3, -0.25) is 4.79 Å². The molecule has 0 saturated heterocycles. The molecule has 2 aromatic heterocycles. The second-order valence-corrected chi connectivity index (χ2v) is 5.25. The number of amides is 1. The highest BCUT2D eigenvalue weighted by molar-refractivity contribution is 5.86. The molecule has 5 heteroatoms. The zero-order chi connectivity index (χ0) is 14.0. The van der Waals surface area contributed by atoms with Crippen molar-refractivity contribution in [3.05, 3.63) is 41.9 Å². The van der Waals surface area contributed by atoms with Crippen LogP contribution < -0.4 is 0 Å². The first-order chi connectivity index (χ1) is 8.93. The monoisotopic (exact) mass is 261 g/mol. The molecular weight excluding hydrogens is 242 g/mol. The number of likely N-dealkylation sites (N-methyl/N-ethyl adjacent to an activating group) is 1. The molecule has 0 aliphatic heterocycles. The number of nitrogens with one attached hydrogen (secondary N) is 1. The molecule has 2 aromatic rings. The highest BCUT2D eigenvalue weighted by Crippen LogP contribution is 2.24. The largest absolute Gasteiger partial charge is 0.469 e. The Morgan fingerprint density at radius 2 is 2.26 bits per heavy atom. The zero-order valence-electron chi connectivity index (χ0n) is 11.7. The maximum Gasteiger partial charge on any atom is 0.234 e. The maximum atomic E-state index is 12.5. The summed E-state index contributed by atoms with van der Waals surface area (Å²) in [6.45, 7) is 6.22. The van der Waals surface area contributed by atoms with Crippen molar-refractivity contribution in [2.24, 2.45) is 0 Å². The fourth-order valence-corrected chi connectivity index (χ4v) is 2.09. The number of hydrogen-bond acceptors (Lipinski definition) is 3. The van der Waals surface area contributed by atoms with Crippen molar-refractivity contribution in [2.45, 2.75) is 32.7 Å². The van der Waals surface area contributed by atoms with Gasteiger partial charge in [0, 0.05) is 31.0 Å². The second kappa shape index (κ2) is 4.91. The Kier molecular flexibility index (Phi) is 3.46. The third-order valence-corrected chi connectivity index (χ3v) is 3.43. The Balaban J connectivity index is 2.13. The van der Waals surface area contributed by atoms with Crippen molar-refractivity contribution in [3.8, 4) is 0 Å². The summed E-state index contributed by atoms with van der Waals surface area (Å²) >= 11 is 0. The lowest BCUT2D eigenvalue weighted by Gasteiger charge is -2.28.